The summed E-state index contributed by atoms with van der Waals surface area (Å²) < 4.78 is 0. The first-order valence-electron chi connectivity index (χ1n) is 7.67. The van der Waals surface area contributed by atoms with Gasteiger partial charge in [0, 0.05) is 19.3 Å². The van der Waals surface area contributed by atoms with E-state index in [-0.39, 0.29) is 5.91 Å². The van der Waals surface area contributed by atoms with Crippen LogP contribution in [0.4, 0.5) is 5.82 Å². The molecule has 0 aliphatic rings. The van der Waals surface area contributed by atoms with Crippen LogP contribution < -0.4 is 10.6 Å². The minimum Gasteiger partial charge on any atom is -0.370 e. The van der Waals surface area contributed by atoms with E-state index in [1.165, 1.54) is 5.56 Å². The van der Waals surface area contributed by atoms with Crippen molar-refractivity contribution in [2.45, 2.75) is 20.3 Å². The van der Waals surface area contributed by atoms with Crippen LogP contribution in [-0.2, 0) is 6.42 Å². The molecule has 1 aromatic carbocycles. The van der Waals surface area contributed by atoms with E-state index in [0.717, 1.165) is 18.8 Å². The lowest BCUT2D eigenvalue weighted by molar-refractivity contribution is 0.0954. The predicted octanol–water partition coefficient (Wildman–Crippen LogP) is 3.12. The summed E-state index contributed by atoms with van der Waals surface area (Å²) in [6.07, 6.45) is 2.44. The van der Waals surface area contributed by atoms with Crippen LogP contribution in [-0.4, -0.2) is 24.0 Å². The maximum Gasteiger partial charge on any atom is 0.252 e. The van der Waals surface area contributed by atoms with Gasteiger partial charge >= 0.3 is 0 Å². The van der Waals surface area contributed by atoms with Crippen molar-refractivity contribution in [3.63, 3.8) is 0 Å². The molecule has 0 fully saturated rings. The molecule has 2 aromatic rings. The molecule has 2 N–H and O–H groups in total. The number of aromatic nitrogens is 1. The first kappa shape index (κ1) is 16.0. The SMILES string of the molecule is CC(C)CNc1ccc(C(=O)NCCc2ccccc2)cn1. The van der Waals surface area contributed by atoms with Crippen LogP contribution in [0.3, 0.4) is 0 Å². The van der Waals surface area contributed by atoms with Gasteiger partial charge in [-0.2, -0.15) is 0 Å². The molecular weight excluding hydrogens is 274 g/mol. The van der Waals surface area contributed by atoms with Crippen LogP contribution in [0.5, 0.6) is 0 Å². The third-order valence-electron chi connectivity index (χ3n) is 3.26. The largest absolute Gasteiger partial charge is 0.370 e. The van der Waals surface area contributed by atoms with E-state index >= 15 is 0 Å². The average Bonchev–Trinajstić information content (AvgIpc) is 2.54. The molecule has 0 atom stereocenters. The fraction of sp³-hybridized carbons (Fsp3) is 0.333. The summed E-state index contributed by atoms with van der Waals surface area (Å²) in [5.41, 5.74) is 1.80. The van der Waals surface area contributed by atoms with Gasteiger partial charge in [0.25, 0.3) is 5.91 Å². The smallest absolute Gasteiger partial charge is 0.252 e. The lowest BCUT2D eigenvalue weighted by Crippen LogP contribution is -2.25. The molecule has 0 bridgehead atoms. The number of hydrogen-bond donors (Lipinski definition) is 2. The van der Waals surface area contributed by atoms with Crippen LogP contribution >= 0.6 is 0 Å². The van der Waals surface area contributed by atoms with Gasteiger partial charge in [-0.3, -0.25) is 4.79 Å². The number of amides is 1. The van der Waals surface area contributed by atoms with Crippen molar-refractivity contribution in [1.29, 1.82) is 0 Å². The third kappa shape index (κ3) is 5.20. The number of benzene rings is 1. The van der Waals surface area contributed by atoms with Gasteiger partial charge in [0.15, 0.2) is 0 Å². The molecule has 2 rings (SSSR count). The van der Waals surface area contributed by atoms with Gasteiger partial charge in [-0.15, -0.1) is 0 Å². The summed E-state index contributed by atoms with van der Waals surface area (Å²) in [4.78, 5) is 16.3. The number of carbonyl (C=O) groups is 1. The topological polar surface area (TPSA) is 54.0 Å². The van der Waals surface area contributed by atoms with E-state index in [4.69, 9.17) is 0 Å². The average molecular weight is 297 g/mol. The van der Waals surface area contributed by atoms with E-state index in [1.807, 2.05) is 24.3 Å². The number of pyridine rings is 1. The summed E-state index contributed by atoms with van der Waals surface area (Å²) in [6.45, 7) is 5.77. The van der Waals surface area contributed by atoms with Crippen LogP contribution in [0.15, 0.2) is 48.7 Å². The standard InChI is InChI=1S/C18H23N3O/c1-14(2)12-20-17-9-8-16(13-21-17)18(22)19-11-10-15-6-4-3-5-7-15/h3-9,13-14H,10-12H2,1-2H3,(H,19,22)(H,20,21). The molecule has 22 heavy (non-hydrogen) atoms. The fourth-order valence-electron chi connectivity index (χ4n) is 2.01. The monoisotopic (exact) mass is 297 g/mol. The van der Waals surface area contributed by atoms with Crippen LogP contribution in [0.2, 0.25) is 0 Å². The Bertz CT molecular complexity index is 579. The highest BCUT2D eigenvalue weighted by molar-refractivity contribution is 5.94. The predicted molar refractivity (Wildman–Crippen MR) is 90.0 cm³/mol. The van der Waals surface area contributed by atoms with Crippen molar-refractivity contribution < 1.29 is 4.79 Å². The highest BCUT2D eigenvalue weighted by Gasteiger charge is 2.05. The number of nitrogens with one attached hydrogen (secondary N) is 2. The van der Waals surface area contributed by atoms with Crippen molar-refractivity contribution >= 4 is 11.7 Å². The van der Waals surface area contributed by atoms with E-state index in [1.54, 1.807) is 12.3 Å². The Hall–Kier alpha value is -2.36. The van der Waals surface area contributed by atoms with E-state index < -0.39 is 0 Å². The first-order valence-corrected chi connectivity index (χ1v) is 7.67. The van der Waals surface area contributed by atoms with Gasteiger partial charge in [0.1, 0.15) is 5.82 Å². The second-order valence-electron chi connectivity index (χ2n) is 5.70. The number of anilines is 1. The van der Waals surface area contributed by atoms with Crippen LogP contribution in [0.25, 0.3) is 0 Å². The molecule has 116 valence electrons. The number of carbonyl (C=O) groups excluding carboxylic acids is 1. The zero-order valence-corrected chi connectivity index (χ0v) is 13.2. The minimum absolute atomic E-state index is 0.0844. The van der Waals surface area contributed by atoms with E-state index in [0.29, 0.717) is 18.0 Å². The van der Waals surface area contributed by atoms with Gasteiger partial charge in [-0.1, -0.05) is 44.2 Å². The molecule has 0 unspecified atom stereocenters. The molecule has 0 saturated heterocycles. The van der Waals surface area contributed by atoms with Crippen LogP contribution in [0, 0.1) is 5.92 Å². The second kappa shape index (κ2) is 8.17. The lowest BCUT2D eigenvalue weighted by atomic mass is 10.1. The van der Waals surface area contributed by atoms with E-state index in [9.17, 15) is 4.79 Å². The number of hydrogen-bond acceptors (Lipinski definition) is 3. The van der Waals surface area contributed by atoms with Gasteiger partial charge in [-0.05, 0) is 30.0 Å². The summed E-state index contributed by atoms with van der Waals surface area (Å²) in [5, 5.41) is 6.15. The third-order valence-corrected chi connectivity index (χ3v) is 3.26. The molecule has 4 heteroatoms. The molecular formula is C18H23N3O. The van der Waals surface area contributed by atoms with Gasteiger partial charge in [0.2, 0.25) is 0 Å². The normalized spacial score (nSPS) is 10.5. The quantitative estimate of drug-likeness (QED) is 0.825. The molecule has 0 saturated carbocycles. The Morgan fingerprint density at radius 3 is 2.55 bits per heavy atom. The zero-order chi connectivity index (χ0) is 15.8. The summed E-state index contributed by atoms with van der Waals surface area (Å²) in [5.74, 6) is 1.27. The summed E-state index contributed by atoms with van der Waals surface area (Å²) in [7, 11) is 0. The maximum absolute atomic E-state index is 12.0. The Labute approximate surface area is 132 Å². The molecule has 1 aromatic heterocycles. The Morgan fingerprint density at radius 1 is 1.14 bits per heavy atom. The van der Waals surface area contributed by atoms with Crippen molar-refractivity contribution in [3.05, 3.63) is 59.8 Å². The molecule has 0 spiro atoms. The van der Waals surface area contributed by atoms with E-state index in [2.05, 4.69) is 41.6 Å². The molecule has 0 aliphatic carbocycles. The molecule has 0 aliphatic heterocycles. The molecule has 4 nitrogen and oxygen atoms in total. The van der Waals surface area contributed by atoms with Gasteiger partial charge < -0.3 is 10.6 Å². The molecule has 0 radical (unpaired) electrons. The summed E-state index contributed by atoms with van der Waals surface area (Å²) >= 11 is 0. The Morgan fingerprint density at radius 2 is 1.91 bits per heavy atom. The Kier molecular flexibility index (Phi) is 5.95. The van der Waals surface area contributed by atoms with Gasteiger partial charge in [0.05, 0.1) is 5.56 Å². The van der Waals surface area contributed by atoms with Crippen molar-refractivity contribution in [1.82, 2.24) is 10.3 Å². The fourth-order valence-corrected chi connectivity index (χ4v) is 2.01. The van der Waals surface area contributed by atoms with Gasteiger partial charge in [-0.25, -0.2) is 4.98 Å². The number of rotatable bonds is 7. The summed E-state index contributed by atoms with van der Waals surface area (Å²) in [6, 6.07) is 13.8. The minimum atomic E-state index is -0.0844. The highest BCUT2D eigenvalue weighted by atomic mass is 16.1. The number of nitrogens with zero attached hydrogens (tertiary/aromatic N) is 1. The van der Waals surface area contributed by atoms with Crippen molar-refractivity contribution in [3.8, 4) is 0 Å². The van der Waals surface area contributed by atoms with Crippen molar-refractivity contribution in [2.24, 2.45) is 5.92 Å². The second-order valence-corrected chi connectivity index (χ2v) is 5.70. The molecule has 1 heterocycles. The molecule has 1 amide bonds. The zero-order valence-electron chi connectivity index (χ0n) is 13.2. The van der Waals surface area contributed by atoms with Crippen LogP contribution in [0.1, 0.15) is 29.8 Å². The lowest BCUT2D eigenvalue weighted by Gasteiger charge is -2.09. The Balaban J connectivity index is 1.79. The first-order chi connectivity index (χ1) is 10.6. The highest BCUT2D eigenvalue weighted by Crippen LogP contribution is 2.06. The maximum atomic E-state index is 12.0. The van der Waals surface area contributed by atoms with Crippen molar-refractivity contribution in [2.75, 3.05) is 18.4 Å².